The maximum atomic E-state index is 13.8. The highest BCUT2D eigenvalue weighted by atomic mass is 35.5. The molecule has 6 heteroatoms. The van der Waals surface area contributed by atoms with E-state index in [2.05, 4.69) is 0 Å². The minimum atomic E-state index is -0.684. The lowest BCUT2D eigenvalue weighted by Gasteiger charge is -2.33. The van der Waals surface area contributed by atoms with E-state index < -0.39 is 23.7 Å². The molecule has 2 rings (SSSR count). The van der Waals surface area contributed by atoms with E-state index in [1.807, 2.05) is 0 Å². The van der Waals surface area contributed by atoms with Crippen molar-refractivity contribution >= 4 is 23.5 Å². The van der Waals surface area contributed by atoms with Crippen molar-refractivity contribution in [2.45, 2.75) is 25.3 Å². The molecule has 1 aromatic carbocycles. The number of hydrogen-bond acceptors (Lipinski definition) is 3. The van der Waals surface area contributed by atoms with Crippen molar-refractivity contribution in [3.8, 4) is 0 Å². The van der Waals surface area contributed by atoms with Crippen LogP contribution in [0, 0.1) is 5.82 Å². The van der Waals surface area contributed by atoms with Crippen molar-refractivity contribution in [1.82, 2.24) is 4.90 Å². The monoisotopic (exact) mass is 299 g/mol. The number of nitrogens with zero attached hydrogens (tertiary/aromatic N) is 1. The van der Waals surface area contributed by atoms with Gasteiger partial charge in [-0.1, -0.05) is 11.6 Å². The summed E-state index contributed by atoms with van der Waals surface area (Å²) in [7, 11) is 1.28. The first-order chi connectivity index (χ1) is 9.54. The fourth-order valence-electron chi connectivity index (χ4n) is 2.37. The summed E-state index contributed by atoms with van der Waals surface area (Å²) in [6.45, 7) is 0.417. The van der Waals surface area contributed by atoms with Gasteiger partial charge in [-0.3, -0.25) is 4.79 Å². The molecule has 1 amide bonds. The molecular weight excluding hydrogens is 285 g/mol. The maximum absolute atomic E-state index is 13.8. The fraction of sp³-hybridized carbons (Fsp3) is 0.429. The highest BCUT2D eigenvalue weighted by Crippen LogP contribution is 2.23. The molecule has 0 radical (unpaired) electrons. The van der Waals surface area contributed by atoms with Crippen molar-refractivity contribution in [3.05, 3.63) is 34.6 Å². The van der Waals surface area contributed by atoms with Crippen LogP contribution in [0.5, 0.6) is 0 Å². The highest BCUT2D eigenvalue weighted by molar-refractivity contribution is 6.30. The SMILES string of the molecule is COC(=O)C1CCCCN1C(=O)c1ccc(Cl)cc1F. The first-order valence-electron chi connectivity index (χ1n) is 6.38. The molecule has 108 valence electrons. The van der Waals surface area contributed by atoms with Gasteiger partial charge in [-0.15, -0.1) is 0 Å². The Bertz CT molecular complexity index is 535. The van der Waals surface area contributed by atoms with Crippen LogP contribution < -0.4 is 0 Å². The van der Waals surface area contributed by atoms with Crippen LogP contribution in [0.1, 0.15) is 29.6 Å². The molecule has 0 aliphatic carbocycles. The number of carbonyl (C=O) groups is 2. The molecule has 0 N–H and O–H groups in total. The summed E-state index contributed by atoms with van der Waals surface area (Å²) in [6.07, 6.45) is 2.16. The number of likely N-dealkylation sites (tertiary alicyclic amines) is 1. The summed E-state index contributed by atoms with van der Waals surface area (Å²) >= 11 is 5.67. The second-order valence-electron chi connectivity index (χ2n) is 4.66. The van der Waals surface area contributed by atoms with Crippen LogP contribution in [-0.4, -0.2) is 36.5 Å². The van der Waals surface area contributed by atoms with Gasteiger partial charge in [0.2, 0.25) is 0 Å². The Morgan fingerprint density at radius 1 is 1.40 bits per heavy atom. The van der Waals surface area contributed by atoms with Crippen LogP contribution >= 0.6 is 11.6 Å². The Morgan fingerprint density at radius 2 is 2.15 bits per heavy atom. The molecule has 1 unspecified atom stereocenters. The van der Waals surface area contributed by atoms with Crippen molar-refractivity contribution < 1.29 is 18.7 Å². The van der Waals surface area contributed by atoms with Crippen molar-refractivity contribution in [1.29, 1.82) is 0 Å². The molecule has 1 aliphatic heterocycles. The van der Waals surface area contributed by atoms with Crippen LogP contribution in [0.15, 0.2) is 18.2 Å². The number of methoxy groups -OCH3 is 1. The van der Waals surface area contributed by atoms with Crippen LogP contribution in [0.3, 0.4) is 0 Å². The molecule has 1 heterocycles. The molecule has 1 aromatic rings. The van der Waals surface area contributed by atoms with E-state index in [-0.39, 0.29) is 10.6 Å². The van der Waals surface area contributed by atoms with E-state index in [0.717, 1.165) is 18.9 Å². The molecule has 0 spiro atoms. The summed E-state index contributed by atoms with van der Waals surface area (Å²) in [5, 5.41) is 0.224. The zero-order valence-electron chi connectivity index (χ0n) is 11.1. The molecule has 1 fully saturated rings. The number of carbonyl (C=O) groups excluding carboxylic acids is 2. The van der Waals surface area contributed by atoms with Crippen molar-refractivity contribution in [3.63, 3.8) is 0 Å². The number of ether oxygens (including phenoxy) is 1. The van der Waals surface area contributed by atoms with Gasteiger partial charge in [0.05, 0.1) is 12.7 Å². The number of benzene rings is 1. The Kier molecular flexibility index (Phi) is 4.60. The molecule has 1 atom stereocenters. The van der Waals surface area contributed by atoms with Crippen LogP contribution in [0.4, 0.5) is 4.39 Å². The van der Waals surface area contributed by atoms with Crippen LogP contribution in [0.2, 0.25) is 5.02 Å². The molecule has 1 aliphatic rings. The molecule has 1 saturated heterocycles. The molecule has 4 nitrogen and oxygen atoms in total. The summed E-state index contributed by atoms with van der Waals surface area (Å²) in [4.78, 5) is 25.5. The Hall–Kier alpha value is -1.62. The van der Waals surface area contributed by atoms with Gasteiger partial charge in [0.25, 0.3) is 5.91 Å². The standard InChI is InChI=1S/C14H15ClFNO3/c1-20-14(19)12-4-2-3-7-17(12)13(18)10-6-5-9(15)8-11(10)16/h5-6,8,12H,2-4,7H2,1H3. The first-order valence-corrected chi connectivity index (χ1v) is 6.76. The second kappa shape index (κ2) is 6.22. The summed E-state index contributed by atoms with van der Waals surface area (Å²) in [5.41, 5.74) is -0.0785. The molecule has 0 saturated carbocycles. The average molecular weight is 300 g/mol. The second-order valence-corrected chi connectivity index (χ2v) is 5.09. The van der Waals surface area contributed by atoms with E-state index in [9.17, 15) is 14.0 Å². The lowest BCUT2D eigenvalue weighted by Crippen LogP contribution is -2.48. The Morgan fingerprint density at radius 3 is 2.80 bits per heavy atom. The van der Waals surface area contributed by atoms with E-state index in [0.29, 0.717) is 13.0 Å². The number of piperidine rings is 1. The summed E-state index contributed by atoms with van der Waals surface area (Å²) in [5.74, 6) is -1.65. The van der Waals surface area contributed by atoms with Crippen molar-refractivity contribution in [2.75, 3.05) is 13.7 Å². The van der Waals surface area contributed by atoms with Crippen LogP contribution in [-0.2, 0) is 9.53 Å². The van der Waals surface area contributed by atoms with Gasteiger partial charge in [0.1, 0.15) is 11.9 Å². The van der Waals surface area contributed by atoms with Gasteiger partial charge in [-0.25, -0.2) is 9.18 Å². The Labute approximate surface area is 121 Å². The normalized spacial score (nSPS) is 18.8. The lowest BCUT2D eigenvalue weighted by molar-refractivity contribution is -0.147. The number of halogens is 2. The van der Waals surface area contributed by atoms with Crippen molar-refractivity contribution in [2.24, 2.45) is 0 Å². The van der Waals surface area contributed by atoms with Gasteiger partial charge < -0.3 is 9.64 Å². The van der Waals surface area contributed by atoms with Gasteiger partial charge in [-0.05, 0) is 37.5 Å². The number of esters is 1. The maximum Gasteiger partial charge on any atom is 0.328 e. The number of rotatable bonds is 2. The predicted molar refractivity (Wildman–Crippen MR) is 72.1 cm³/mol. The fourth-order valence-corrected chi connectivity index (χ4v) is 2.53. The molecule has 20 heavy (non-hydrogen) atoms. The van der Waals surface area contributed by atoms with Gasteiger partial charge in [0, 0.05) is 11.6 Å². The first kappa shape index (κ1) is 14.8. The van der Waals surface area contributed by atoms with Gasteiger partial charge >= 0.3 is 5.97 Å². The largest absolute Gasteiger partial charge is 0.467 e. The minimum absolute atomic E-state index is 0.0785. The van der Waals surface area contributed by atoms with Gasteiger partial charge in [-0.2, -0.15) is 0 Å². The quantitative estimate of drug-likeness (QED) is 0.789. The van der Waals surface area contributed by atoms with Crippen LogP contribution in [0.25, 0.3) is 0 Å². The Balaban J connectivity index is 2.27. The molecular formula is C14H15ClFNO3. The zero-order valence-corrected chi connectivity index (χ0v) is 11.8. The molecule has 0 aromatic heterocycles. The van der Waals surface area contributed by atoms with E-state index in [1.165, 1.54) is 24.1 Å². The average Bonchev–Trinajstić information content (AvgIpc) is 2.46. The number of amides is 1. The third kappa shape index (κ3) is 2.93. The third-order valence-corrected chi connectivity index (χ3v) is 3.63. The lowest BCUT2D eigenvalue weighted by atomic mass is 10.0. The zero-order chi connectivity index (χ0) is 14.7. The predicted octanol–water partition coefficient (Wildman–Crippen LogP) is 2.65. The smallest absolute Gasteiger partial charge is 0.328 e. The number of hydrogen-bond donors (Lipinski definition) is 0. The minimum Gasteiger partial charge on any atom is -0.467 e. The topological polar surface area (TPSA) is 46.6 Å². The highest BCUT2D eigenvalue weighted by Gasteiger charge is 2.34. The van der Waals surface area contributed by atoms with E-state index in [1.54, 1.807) is 0 Å². The third-order valence-electron chi connectivity index (χ3n) is 3.40. The van der Waals surface area contributed by atoms with E-state index in [4.69, 9.17) is 16.3 Å². The molecule has 0 bridgehead atoms. The van der Waals surface area contributed by atoms with E-state index >= 15 is 0 Å². The summed E-state index contributed by atoms with van der Waals surface area (Å²) < 4.78 is 18.5. The summed E-state index contributed by atoms with van der Waals surface area (Å²) in [6, 6.07) is 3.24. The van der Waals surface area contributed by atoms with Gasteiger partial charge in [0.15, 0.2) is 0 Å².